The molecule has 0 aliphatic heterocycles. The van der Waals surface area contributed by atoms with E-state index in [1.165, 1.54) is 12.1 Å². The number of aromatic nitrogens is 4. The van der Waals surface area contributed by atoms with Gasteiger partial charge in [0.25, 0.3) is 11.4 Å². The van der Waals surface area contributed by atoms with Crippen LogP contribution < -0.4 is 0 Å². The molecule has 0 aliphatic rings. The van der Waals surface area contributed by atoms with Crippen LogP contribution in [0.25, 0.3) is 11.4 Å². The minimum Gasteiger partial charge on any atom is -0.339 e. The third kappa shape index (κ3) is 1.58. The molecule has 0 aliphatic carbocycles. The third-order valence-electron chi connectivity index (χ3n) is 1.75. The minimum absolute atomic E-state index is 0.192. The van der Waals surface area contributed by atoms with Crippen LogP contribution in [0.2, 0.25) is 0 Å². The maximum Gasteiger partial charge on any atom is 0.256 e. The fourth-order valence-corrected chi connectivity index (χ4v) is 1.08. The van der Waals surface area contributed by atoms with Gasteiger partial charge in [-0.15, -0.1) is 0 Å². The number of rotatable bonds is 3. The third-order valence-corrected chi connectivity index (χ3v) is 1.75. The molecule has 0 radical (unpaired) electrons. The van der Waals surface area contributed by atoms with E-state index in [0.717, 1.165) is 12.4 Å². The van der Waals surface area contributed by atoms with Crippen molar-refractivity contribution in [2.75, 3.05) is 0 Å². The van der Waals surface area contributed by atoms with E-state index >= 15 is 0 Å². The highest BCUT2D eigenvalue weighted by molar-refractivity contribution is 5.51. The first-order valence-electron chi connectivity index (χ1n) is 3.99. The van der Waals surface area contributed by atoms with Crippen LogP contribution in [0.15, 0.2) is 24.5 Å². The van der Waals surface area contributed by atoms with Gasteiger partial charge in [-0.25, -0.2) is 0 Å². The van der Waals surface area contributed by atoms with E-state index in [4.69, 9.17) is 0 Å². The summed E-state index contributed by atoms with van der Waals surface area (Å²) in [7, 11) is 0. The zero-order valence-electron chi connectivity index (χ0n) is 7.63. The highest BCUT2D eigenvalue weighted by Gasteiger charge is 2.19. The summed E-state index contributed by atoms with van der Waals surface area (Å²) in [5.74, 6) is 0. The van der Waals surface area contributed by atoms with E-state index in [0.29, 0.717) is 9.58 Å². The first-order valence-corrected chi connectivity index (χ1v) is 3.99. The smallest absolute Gasteiger partial charge is 0.256 e. The molecule has 2 heterocycles. The second kappa shape index (κ2) is 3.42. The minimum atomic E-state index is -0.728. The molecule has 0 aromatic carbocycles. The molecule has 0 N–H and O–H groups in total. The molecule has 2 rings (SSSR count). The van der Waals surface area contributed by atoms with Crippen molar-refractivity contribution in [1.82, 2.24) is 19.8 Å². The molecule has 82 valence electrons. The SMILES string of the molecule is O=[N+]([O-])n1ccc(-c2ccn([N+](=O)[O-])n2)n1. The van der Waals surface area contributed by atoms with E-state index in [1.807, 2.05) is 0 Å². The zero-order chi connectivity index (χ0) is 11.7. The lowest BCUT2D eigenvalue weighted by molar-refractivity contribution is -0.553. The van der Waals surface area contributed by atoms with Gasteiger partial charge in [0.05, 0.1) is 20.3 Å². The maximum absolute atomic E-state index is 10.3. The van der Waals surface area contributed by atoms with Gasteiger partial charge in [-0.1, -0.05) is 0 Å². The van der Waals surface area contributed by atoms with Crippen molar-refractivity contribution in [2.24, 2.45) is 0 Å². The Morgan fingerprint density at radius 2 is 1.31 bits per heavy atom. The molecule has 0 unspecified atom stereocenters. The zero-order valence-corrected chi connectivity index (χ0v) is 7.63. The summed E-state index contributed by atoms with van der Waals surface area (Å²) in [6.07, 6.45) is 2.25. The highest BCUT2D eigenvalue weighted by Crippen LogP contribution is 2.13. The molecule has 2 aromatic rings. The van der Waals surface area contributed by atoms with Crippen molar-refractivity contribution in [3.05, 3.63) is 44.8 Å². The summed E-state index contributed by atoms with van der Waals surface area (Å²) in [5, 5.41) is 26.3. The summed E-state index contributed by atoms with van der Waals surface area (Å²) < 4.78 is 0. The van der Waals surface area contributed by atoms with Crippen LogP contribution in [-0.4, -0.2) is 29.8 Å². The monoisotopic (exact) mass is 224 g/mol. The van der Waals surface area contributed by atoms with Crippen LogP contribution in [0.1, 0.15) is 0 Å². The van der Waals surface area contributed by atoms with Crippen LogP contribution >= 0.6 is 0 Å². The molecule has 0 amide bonds. The van der Waals surface area contributed by atoms with Gasteiger partial charge in [0, 0.05) is 21.7 Å². The van der Waals surface area contributed by atoms with Gasteiger partial charge in [-0.2, -0.15) is 0 Å². The normalized spacial score (nSPS) is 10.2. The van der Waals surface area contributed by atoms with Crippen molar-refractivity contribution in [3.8, 4) is 11.4 Å². The van der Waals surface area contributed by atoms with Crippen molar-refractivity contribution >= 4 is 0 Å². The fourth-order valence-electron chi connectivity index (χ4n) is 1.08. The van der Waals surface area contributed by atoms with Crippen molar-refractivity contribution in [1.29, 1.82) is 0 Å². The molecule has 0 fully saturated rings. The van der Waals surface area contributed by atoms with Gasteiger partial charge in [0.2, 0.25) is 0 Å². The molecule has 16 heavy (non-hydrogen) atoms. The molecular weight excluding hydrogens is 220 g/mol. The predicted molar refractivity (Wildman–Crippen MR) is 48.2 cm³/mol. The van der Waals surface area contributed by atoms with Crippen molar-refractivity contribution < 1.29 is 10.1 Å². The van der Waals surface area contributed by atoms with Gasteiger partial charge in [0.1, 0.15) is 12.4 Å². The van der Waals surface area contributed by atoms with Crippen LogP contribution in [0.4, 0.5) is 0 Å². The molecule has 0 saturated heterocycles. The van der Waals surface area contributed by atoms with Crippen LogP contribution in [0.3, 0.4) is 0 Å². The summed E-state index contributed by atoms with van der Waals surface area (Å²) in [6.45, 7) is 0. The van der Waals surface area contributed by atoms with Crippen molar-refractivity contribution in [2.45, 2.75) is 0 Å². The first kappa shape index (κ1) is 9.76. The largest absolute Gasteiger partial charge is 0.339 e. The number of nitro groups is 2. The lowest BCUT2D eigenvalue weighted by Crippen LogP contribution is -2.09. The van der Waals surface area contributed by atoms with E-state index in [1.54, 1.807) is 0 Å². The molecule has 0 bridgehead atoms. The Morgan fingerprint density at radius 1 is 0.938 bits per heavy atom. The van der Waals surface area contributed by atoms with E-state index < -0.39 is 10.1 Å². The van der Waals surface area contributed by atoms with Gasteiger partial charge in [0.15, 0.2) is 0 Å². The highest BCUT2D eigenvalue weighted by atomic mass is 16.7. The van der Waals surface area contributed by atoms with Crippen molar-refractivity contribution in [3.63, 3.8) is 0 Å². The first-order chi connectivity index (χ1) is 7.58. The average molecular weight is 224 g/mol. The Labute approximate surface area is 86.9 Å². The Hall–Kier alpha value is -2.78. The Bertz CT molecular complexity index is 507. The lowest BCUT2D eigenvalue weighted by Gasteiger charge is -1.87. The summed E-state index contributed by atoms with van der Waals surface area (Å²) in [6, 6.07) is 2.69. The number of hydrogen-bond donors (Lipinski definition) is 0. The van der Waals surface area contributed by atoms with Gasteiger partial charge < -0.3 is 20.2 Å². The molecule has 0 spiro atoms. The Balaban J connectivity index is 2.35. The predicted octanol–water partition coefficient (Wildman–Crippen LogP) is -0.174. The molecule has 10 heteroatoms. The molecular formula is C6H4N6O4. The van der Waals surface area contributed by atoms with Crippen LogP contribution in [0, 0.1) is 20.2 Å². The second-order valence-corrected chi connectivity index (χ2v) is 2.72. The molecule has 0 atom stereocenters. The van der Waals surface area contributed by atoms with Gasteiger partial charge >= 0.3 is 0 Å². The summed E-state index contributed by atoms with van der Waals surface area (Å²) in [4.78, 5) is 21.7. The Kier molecular flexibility index (Phi) is 2.08. The van der Waals surface area contributed by atoms with Gasteiger partial charge in [-0.05, 0) is 0 Å². The standard InChI is InChI=1S/C6H4N6O4/c13-11(14)9-3-1-5(7-9)6-2-4-10(8-6)12(15)16/h1-4H. The topological polar surface area (TPSA) is 122 Å². The summed E-state index contributed by atoms with van der Waals surface area (Å²) >= 11 is 0. The second-order valence-electron chi connectivity index (χ2n) is 2.72. The molecule has 0 saturated carbocycles. The summed E-state index contributed by atoms with van der Waals surface area (Å²) in [5.41, 5.74) is 0.384. The number of nitrogens with zero attached hydrogens (tertiary/aromatic N) is 6. The molecule has 10 nitrogen and oxygen atoms in total. The Morgan fingerprint density at radius 3 is 1.56 bits per heavy atom. The maximum atomic E-state index is 10.3. The van der Waals surface area contributed by atoms with Gasteiger partial charge in [-0.3, -0.25) is 0 Å². The average Bonchev–Trinajstić information content (AvgIpc) is 2.86. The van der Waals surface area contributed by atoms with Crippen LogP contribution in [0.5, 0.6) is 0 Å². The molecule has 2 aromatic heterocycles. The van der Waals surface area contributed by atoms with E-state index in [9.17, 15) is 20.2 Å². The van der Waals surface area contributed by atoms with E-state index in [2.05, 4.69) is 10.2 Å². The number of hydrogen-bond acceptors (Lipinski definition) is 6. The van der Waals surface area contributed by atoms with Crippen LogP contribution in [-0.2, 0) is 0 Å². The fraction of sp³-hybridized carbons (Fsp3) is 0. The van der Waals surface area contributed by atoms with E-state index in [-0.39, 0.29) is 11.4 Å². The quantitative estimate of drug-likeness (QED) is 0.526. The lowest BCUT2D eigenvalue weighted by atomic mass is 10.3.